The molecule has 148 valence electrons. The fourth-order valence-corrected chi connectivity index (χ4v) is 4.19. The molecule has 1 amide bonds. The molecule has 0 saturated carbocycles. The number of aromatic nitrogens is 2. The number of carbonyl (C=O) groups excluding carboxylic acids is 2. The van der Waals surface area contributed by atoms with Gasteiger partial charge in [0.25, 0.3) is 5.91 Å². The van der Waals surface area contributed by atoms with Crippen LogP contribution in [0.2, 0.25) is 0 Å². The number of hydrogen-bond acceptors (Lipinski definition) is 6. The molecule has 1 aromatic heterocycles. The highest BCUT2D eigenvalue weighted by molar-refractivity contribution is 7.07. The maximum Gasteiger partial charge on any atom is 0.314 e. The third-order valence-electron chi connectivity index (χ3n) is 5.04. The van der Waals surface area contributed by atoms with Gasteiger partial charge in [-0.25, -0.2) is 0 Å². The summed E-state index contributed by atoms with van der Waals surface area (Å²) in [6.45, 7) is 4.89. The van der Waals surface area contributed by atoms with Crippen LogP contribution in [0.5, 0.6) is 0 Å². The van der Waals surface area contributed by atoms with E-state index in [-0.39, 0.29) is 11.9 Å². The summed E-state index contributed by atoms with van der Waals surface area (Å²) in [6.07, 6.45) is 6.02. The molecule has 0 bridgehead atoms. The number of amides is 1. The number of likely N-dealkylation sites (tertiary alicyclic amines) is 1. The highest BCUT2D eigenvalue weighted by atomic mass is 32.1. The smallest absolute Gasteiger partial charge is 0.314 e. The lowest BCUT2D eigenvalue weighted by molar-refractivity contribution is -0.158. The highest BCUT2D eigenvalue weighted by Gasteiger charge is 2.44. The molecule has 2 heterocycles. The number of ether oxygens (including phenoxy) is 1. The third-order valence-corrected chi connectivity index (χ3v) is 5.85. The van der Waals surface area contributed by atoms with Crippen molar-refractivity contribution in [2.45, 2.75) is 33.1 Å². The van der Waals surface area contributed by atoms with E-state index in [1.807, 2.05) is 49.4 Å². The zero-order valence-electron chi connectivity index (χ0n) is 16.3. The van der Waals surface area contributed by atoms with Crippen LogP contribution in [0.25, 0.3) is 6.08 Å². The van der Waals surface area contributed by atoms with Crippen LogP contribution in [-0.4, -0.2) is 46.1 Å². The predicted molar refractivity (Wildman–Crippen MR) is 109 cm³/mol. The topological polar surface area (TPSA) is 72.4 Å². The number of carbonyl (C=O) groups is 2. The Labute approximate surface area is 169 Å². The number of piperidine rings is 1. The van der Waals surface area contributed by atoms with Gasteiger partial charge in [-0.1, -0.05) is 47.0 Å². The van der Waals surface area contributed by atoms with Crippen LogP contribution < -0.4 is 0 Å². The van der Waals surface area contributed by atoms with Gasteiger partial charge in [-0.2, -0.15) is 0 Å². The monoisotopic (exact) mass is 399 g/mol. The van der Waals surface area contributed by atoms with Crippen molar-refractivity contribution < 1.29 is 14.3 Å². The fraction of sp³-hybridized carbons (Fsp3) is 0.429. The van der Waals surface area contributed by atoms with E-state index in [1.165, 1.54) is 0 Å². The van der Waals surface area contributed by atoms with Gasteiger partial charge in [0.15, 0.2) is 0 Å². The number of allylic oxidation sites excluding steroid dienone is 1. The van der Waals surface area contributed by atoms with E-state index < -0.39 is 5.41 Å². The summed E-state index contributed by atoms with van der Waals surface area (Å²) < 4.78 is 9.26. The van der Waals surface area contributed by atoms with Crippen molar-refractivity contribution in [2.24, 2.45) is 5.41 Å². The first-order chi connectivity index (χ1) is 13.6. The van der Waals surface area contributed by atoms with Crippen LogP contribution in [0.4, 0.5) is 0 Å². The molecule has 1 aliphatic rings. The van der Waals surface area contributed by atoms with E-state index in [2.05, 4.69) is 9.59 Å². The van der Waals surface area contributed by atoms with Gasteiger partial charge in [0.2, 0.25) is 0 Å². The molecule has 28 heavy (non-hydrogen) atoms. The second-order valence-corrected chi connectivity index (χ2v) is 7.79. The molecule has 1 fully saturated rings. The molecule has 0 aliphatic carbocycles. The lowest BCUT2D eigenvalue weighted by Gasteiger charge is -2.40. The Kier molecular flexibility index (Phi) is 6.57. The molecule has 6 nitrogen and oxygen atoms in total. The molecule has 1 aromatic carbocycles. The first-order valence-corrected chi connectivity index (χ1v) is 10.3. The second-order valence-electron chi connectivity index (χ2n) is 7.04. The maximum atomic E-state index is 12.9. The average Bonchev–Trinajstić information content (AvgIpc) is 3.14. The van der Waals surface area contributed by atoms with Gasteiger partial charge in [0.05, 0.1) is 17.7 Å². The number of nitrogens with zero attached hydrogens (tertiary/aromatic N) is 3. The summed E-state index contributed by atoms with van der Waals surface area (Å²) in [5.41, 5.74) is 0.990. The Morgan fingerprint density at radius 1 is 1.32 bits per heavy atom. The standard InChI is InChI=1S/C21H25N3O3S/c1-3-27-20(26)21(12-7-11-17-9-5-4-6-10-17)13-8-14-24(15-21)19(25)18-16(2)22-23-28-18/h4-7,9-11H,3,8,12-15H2,1-2H3/b11-7+/t21-/m1/s1. The van der Waals surface area contributed by atoms with E-state index in [1.54, 1.807) is 11.8 Å². The molecule has 0 radical (unpaired) electrons. The summed E-state index contributed by atoms with van der Waals surface area (Å²) in [5, 5.41) is 3.93. The molecule has 0 unspecified atom stereocenters. The number of benzene rings is 1. The van der Waals surface area contributed by atoms with Crippen LogP contribution >= 0.6 is 11.5 Å². The van der Waals surface area contributed by atoms with Crippen LogP contribution in [0.1, 0.15) is 47.1 Å². The minimum atomic E-state index is -0.721. The third kappa shape index (κ3) is 4.47. The summed E-state index contributed by atoms with van der Waals surface area (Å²) in [4.78, 5) is 28.1. The van der Waals surface area contributed by atoms with Gasteiger partial charge in [0, 0.05) is 13.1 Å². The van der Waals surface area contributed by atoms with Crippen LogP contribution in [0, 0.1) is 12.3 Å². The summed E-state index contributed by atoms with van der Waals surface area (Å²) >= 11 is 1.10. The summed E-state index contributed by atoms with van der Waals surface area (Å²) in [7, 11) is 0. The zero-order valence-corrected chi connectivity index (χ0v) is 17.1. The molecular formula is C21H25N3O3S. The normalized spacial score (nSPS) is 19.7. The number of rotatable bonds is 6. The quantitative estimate of drug-likeness (QED) is 0.692. The van der Waals surface area contributed by atoms with Gasteiger partial charge in [-0.3, -0.25) is 9.59 Å². The Bertz CT molecular complexity index is 850. The molecule has 0 N–H and O–H groups in total. The number of esters is 1. The molecule has 1 atom stereocenters. The highest BCUT2D eigenvalue weighted by Crippen LogP contribution is 2.36. The Morgan fingerprint density at radius 3 is 2.79 bits per heavy atom. The van der Waals surface area contributed by atoms with Gasteiger partial charge in [-0.05, 0) is 50.2 Å². The van der Waals surface area contributed by atoms with Crippen molar-refractivity contribution in [1.82, 2.24) is 14.5 Å². The van der Waals surface area contributed by atoms with Gasteiger partial charge < -0.3 is 9.64 Å². The van der Waals surface area contributed by atoms with Crippen molar-refractivity contribution >= 4 is 29.5 Å². The largest absolute Gasteiger partial charge is 0.466 e. The fourth-order valence-electron chi connectivity index (χ4n) is 3.56. The van der Waals surface area contributed by atoms with E-state index in [4.69, 9.17) is 4.74 Å². The van der Waals surface area contributed by atoms with Crippen LogP contribution in [-0.2, 0) is 9.53 Å². The Morgan fingerprint density at radius 2 is 2.11 bits per heavy atom. The van der Waals surface area contributed by atoms with Crippen molar-refractivity contribution in [3.05, 3.63) is 52.5 Å². The van der Waals surface area contributed by atoms with Gasteiger partial charge in [0.1, 0.15) is 4.88 Å². The molecule has 2 aromatic rings. The zero-order chi connectivity index (χ0) is 20.0. The van der Waals surface area contributed by atoms with E-state index >= 15 is 0 Å². The van der Waals surface area contributed by atoms with E-state index in [0.29, 0.717) is 43.1 Å². The minimum Gasteiger partial charge on any atom is -0.466 e. The van der Waals surface area contributed by atoms with Crippen LogP contribution in [0.15, 0.2) is 36.4 Å². The molecule has 0 spiro atoms. The molecule has 1 saturated heterocycles. The summed E-state index contributed by atoms with van der Waals surface area (Å²) in [6, 6.07) is 9.96. The minimum absolute atomic E-state index is 0.104. The first-order valence-electron chi connectivity index (χ1n) is 9.53. The predicted octanol–water partition coefficient (Wildman–Crippen LogP) is 3.74. The lowest BCUT2D eigenvalue weighted by atomic mass is 9.76. The van der Waals surface area contributed by atoms with E-state index in [0.717, 1.165) is 23.5 Å². The molecule has 3 rings (SSSR count). The van der Waals surface area contributed by atoms with Crippen LogP contribution in [0.3, 0.4) is 0 Å². The maximum absolute atomic E-state index is 12.9. The first kappa shape index (κ1) is 20.2. The van der Waals surface area contributed by atoms with Crippen molar-refractivity contribution in [3.8, 4) is 0 Å². The number of aryl methyl sites for hydroxylation is 1. The van der Waals surface area contributed by atoms with Gasteiger partial charge in [-0.15, -0.1) is 5.10 Å². The van der Waals surface area contributed by atoms with Crippen molar-refractivity contribution in [2.75, 3.05) is 19.7 Å². The van der Waals surface area contributed by atoms with E-state index in [9.17, 15) is 9.59 Å². The van der Waals surface area contributed by atoms with Gasteiger partial charge >= 0.3 is 5.97 Å². The Balaban J connectivity index is 1.80. The van der Waals surface area contributed by atoms with Crippen molar-refractivity contribution in [1.29, 1.82) is 0 Å². The summed E-state index contributed by atoms with van der Waals surface area (Å²) in [5.74, 6) is -0.336. The molecular weight excluding hydrogens is 374 g/mol. The Hall–Kier alpha value is -2.54. The lowest BCUT2D eigenvalue weighted by Crippen LogP contribution is -2.50. The average molecular weight is 400 g/mol. The SMILES string of the molecule is CCOC(=O)[C@]1(C/C=C/c2ccccc2)CCCN(C(=O)c2snnc2C)C1. The van der Waals surface area contributed by atoms with Crippen molar-refractivity contribution in [3.63, 3.8) is 0 Å². The molecule has 1 aliphatic heterocycles. The molecule has 7 heteroatoms. The second kappa shape index (κ2) is 9.10. The number of hydrogen-bond donors (Lipinski definition) is 0.